The molecule has 0 aromatic carbocycles. The van der Waals surface area contributed by atoms with Gasteiger partial charge in [-0.1, -0.05) is 6.92 Å². The smallest absolute Gasteiger partial charge is 0.303 e. The van der Waals surface area contributed by atoms with Gasteiger partial charge in [0.25, 0.3) is 0 Å². The van der Waals surface area contributed by atoms with Gasteiger partial charge in [0, 0.05) is 6.42 Å². The summed E-state index contributed by atoms with van der Waals surface area (Å²) in [5.41, 5.74) is 0. The van der Waals surface area contributed by atoms with Crippen molar-refractivity contribution < 1.29 is 9.90 Å². The molecule has 1 atom stereocenters. The molecule has 0 saturated carbocycles. The van der Waals surface area contributed by atoms with E-state index in [1.54, 1.807) is 0 Å². The average Bonchev–Trinajstić information content (AvgIpc) is 1.65. The van der Waals surface area contributed by atoms with E-state index in [0.717, 1.165) is 0 Å². The molecule has 0 rings (SSSR count). The number of carboxylic acid groups (broad SMARTS) is 1. The van der Waals surface area contributed by atoms with Crippen molar-refractivity contribution in [2.24, 2.45) is 5.92 Å². The molecule has 0 heterocycles. The number of carboxylic acids is 1. The summed E-state index contributed by atoms with van der Waals surface area (Å²) in [6, 6.07) is 0. The summed E-state index contributed by atoms with van der Waals surface area (Å²) >= 11 is 3.93. The van der Waals surface area contributed by atoms with E-state index in [1.807, 2.05) is 6.92 Å². The molecular weight excluding hydrogens is 160 g/mol. The van der Waals surface area contributed by atoms with Crippen LogP contribution in [0.2, 0.25) is 0 Å². The van der Waals surface area contributed by atoms with E-state index in [9.17, 15) is 4.79 Å². The maximum absolute atomic E-state index is 9.93. The van der Waals surface area contributed by atoms with Crippen LogP contribution in [0.1, 0.15) is 13.3 Å². The van der Waals surface area contributed by atoms with Gasteiger partial charge >= 0.3 is 5.97 Å². The van der Waals surface area contributed by atoms with E-state index < -0.39 is 5.97 Å². The van der Waals surface area contributed by atoms with E-state index in [0.29, 0.717) is 5.75 Å². The number of carbonyl (C=O) groups is 1. The first-order valence-electron chi connectivity index (χ1n) is 2.49. The third kappa shape index (κ3) is 8.11. The predicted molar refractivity (Wildman–Crippen MR) is 42.5 cm³/mol. The monoisotopic (exact) mass is 170 g/mol. The summed E-state index contributed by atoms with van der Waals surface area (Å²) in [6.07, 6.45) is 0.226. The van der Waals surface area contributed by atoms with Crippen molar-refractivity contribution in [1.82, 2.24) is 0 Å². The molecule has 0 fully saturated rings. The zero-order valence-electron chi connectivity index (χ0n) is 5.20. The fourth-order valence-electron chi connectivity index (χ4n) is 0.363. The Labute approximate surface area is 66.5 Å². The number of halogens is 1. The first kappa shape index (κ1) is 11.9. The van der Waals surface area contributed by atoms with Crippen LogP contribution in [0.15, 0.2) is 0 Å². The minimum absolute atomic E-state index is 0. The van der Waals surface area contributed by atoms with Gasteiger partial charge < -0.3 is 5.11 Å². The van der Waals surface area contributed by atoms with Crippen molar-refractivity contribution in [2.45, 2.75) is 13.3 Å². The van der Waals surface area contributed by atoms with Crippen LogP contribution in [-0.4, -0.2) is 16.8 Å². The Hall–Kier alpha value is 0.110. The Morgan fingerprint density at radius 2 is 2.22 bits per heavy atom. The van der Waals surface area contributed by atoms with E-state index >= 15 is 0 Å². The van der Waals surface area contributed by atoms with E-state index in [-0.39, 0.29) is 24.7 Å². The molecule has 0 aliphatic carbocycles. The van der Waals surface area contributed by atoms with Gasteiger partial charge in [0.05, 0.1) is 0 Å². The molecule has 1 unspecified atom stereocenters. The molecule has 0 spiro atoms. The van der Waals surface area contributed by atoms with Crippen LogP contribution < -0.4 is 0 Å². The molecule has 0 amide bonds. The van der Waals surface area contributed by atoms with Gasteiger partial charge in [-0.05, 0) is 11.7 Å². The van der Waals surface area contributed by atoms with Crippen molar-refractivity contribution in [3.63, 3.8) is 0 Å². The molecule has 0 saturated heterocycles. The van der Waals surface area contributed by atoms with Gasteiger partial charge in [-0.2, -0.15) is 12.6 Å². The molecule has 0 radical (unpaired) electrons. The third-order valence-electron chi connectivity index (χ3n) is 0.835. The molecular formula is C5H11ClO2S. The molecule has 0 bridgehead atoms. The van der Waals surface area contributed by atoms with E-state index in [1.165, 1.54) is 0 Å². The zero-order chi connectivity index (χ0) is 6.57. The summed E-state index contributed by atoms with van der Waals surface area (Å²) in [4.78, 5) is 9.93. The van der Waals surface area contributed by atoms with Gasteiger partial charge in [0.2, 0.25) is 0 Å². The second-order valence-corrected chi connectivity index (χ2v) is 2.25. The van der Waals surface area contributed by atoms with Gasteiger partial charge in [-0.15, -0.1) is 12.4 Å². The summed E-state index contributed by atoms with van der Waals surface area (Å²) < 4.78 is 0. The molecule has 4 heteroatoms. The predicted octanol–water partition coefficient (Wildman–Crippen LogP) is 1.45. The van der Waals surface area contributed by atoms with Crippen molar-refractivity contribution in [2.75, 3.05) is 5.75 Å². The standard InChI is InChI=1S/C5H10O2S.ClH/c1-4(3-8)2-5(6)7;/h4,8H,2-3H2,1H3,(H,6,7);1H. The molecule has 0 aromatic heterocycles. The van der Waals surface area contributed by atoms with Crippen molar-refractivity contribution in [1.29, 1.82) is 0 Å². The fourth-order valence-corrected chi connectivity index (χ4v) is 0.492. The van der Waals surface area contributed by atoms with Gasteiger partial charge in [-0.3, -0.25) is 4.79 Å². The number of rotatable bonds is 3. The van der Waals surface area contributed by atoms with Gasteiger partial charge in [0.1, 0.15) is 0 Å². The van der Waals surface area contributed by atoms with Gasteiger partial charge in [0.15, 0.2) is 0 Å². The number of thiol groups is 1. The largest absolute Gasteiger partial charge is 0.481 e. The minimum Gasteiger partial charge on any atom is -0.481 e. The Balaban J connectivity index is 0. The molecule has 0 aromatic rings. The van der Waals surface area contributed by atoms with Crippen LogP contribution in [0.5, 0.6) is 0 Å². The molecule has 1 N–H and O–H groups in total. The molecule has 56 valence electrons. The number of aliphatic carboxylic acids is 1. The lowest BCUT2D eigenvalue weighted by Crippen LogP contribution is -2.04. The maximum Gasteiger partial charge on any atom is 0.303 e. The maximum atomic E-state index is 9.93. The molecule has 2 nitrogen and oxygen atoms in total. The quantitative estimate of drug-likeness (QED) is 0.630. The van der Waals surface area contributed by atoms with Crippen molar-refractivity contribution in [3.8, 4) is 0 Å². The Bertz CT molecular complexity index is 87.0. The minimum atomic E-state index is -0.744. The number of hydrogen-bond donors (Lipinski definition) is 2. The van der Waals surface area contributed by atoms with Crippen LogP contribution in [0.3, 0.4) is 0 Å². The van der Waals surface area contributed by atoms with Gasteiger partial charge in [-0.25, -0.2) is 0 Å². The lowest BCUT2D eigenvalue weighted by Gasteiger charge is -2.00. The lowest BCUT2D eigenvalue weighted by molar-refractivity contribution is -0.137. The molecule has 0 aliphatic rings. The first-order valence-corrected chi connectivity index (χ1v) is 3.12. The summed E-state index contributed by atoms with van der Waals surface area (Å²) in [5.74, 6) is 0.0918. The highest BCUT2D eigenvalue weighted by atomic mass is 35.5. The highest BCUT2D eigenvalue weighted by Gasteiger charge is 2.03. The Kier molecular flexibility index (Phi) is 8.21. The van der Waals surface area contributed by atoms with Crippen LogP contribution in [0.4, 0.5) is 0 Å². The SMILES string of the molecule is CC(CS)CC(=O)O.Cl. The van der Waals surface area contributed by atoms with Crippen LogP contribution >= 0.6 is 25.0 Å². The summed E-state index contributed by atoms with van der Waals surface area (Å²) in [7, 11) is 0. The Morgan fingerprint density at radius 3 is 2.33 bits per heavy atom. The normalized spacial score (nSPS) is 11.8. The van der Waals surface area contributed by atoms with E-state index in [4.69, 9.17) is 5.11 Å². The summed E-state index contributed by atoms with van der Waals surface area (Å²) in [6.45, 7) is 1.86. The molecule has 0 aliphatic heterocycles. The highest BCUT2D eigenvalue weighted by Crippen LogP contribution is 2.01. The second-order valence-electron chi connectivity index (χ2n) is 1.89. The van der Waals surface area contributed by atoms with Crippen LogP contribution in [0.25, 0.3) is 0 Å². The van der Waals surface area contributed by atoms with Crippen LogP contribution in [-0.2, 0) is 4.79 Å². The summed E-state index contributed by atoms with van der Waals surface area (Å²) in [5, 5.41) is 8.18. The average molecular weight is 171 g/mol. The van der Waals surface area contributed by atoms with Crippen molar-refractivity contribution in [3.05, 3.63) is 0 Å². The Morgan fingerprint density at radius 1 is 1.78 bits per heavy atom. The fraction of sp³-hybridized carbons (Fsp3) is 0.800. The first-order chi connectivity index (χ1) is 3.66. The van der Waals surface area contributed by atoms with E-state index in [2.05, 4.69) is 12.6 Å². The molecule has 9 heavy (non-hydrogen) atoms. The highest BCUT2D eigenvalue weighted by molar-refractivity contribution is 7.80. The topological polar surface area (TPSA) is 37.3 Å². The van der Waals surface area contributed by atoms with Crippen LogP contribution in [0, 0.1) is 5.92 Å². The lowest BCUT2D eigenvalue weighted by atomic mass is 10.1. The second kappa shape index (κ2) is 6.23. The van der Waals surface area contributed by atoms with Crippen molar-refractivity contribution >= 4 is 31.0 Å². The number of hydrogen-bond acceptors (Lipinski definition) is 2. The third-order valence-corrected chi connectivity index (χ3v) is 1.46. The zero-order valence-corrected chi connectivity index (χ0v) is 6.91.